The van der Waals surface area contributed by atoms with Crippen molar-refractivity contribution in [1.82, 2.24) is 0 Å². The van der Waals surface area contributed by atoms with Crippen LogP contribution in [-0.4, -0.2) is 0 Å². The minimum absolute atomic E-state index is 0.234. The highest BCUT2D eigenvalue weighted by atomic mass is 127. The lowest BCUT2D eigenvalue weighted by Crippen LogP contribution is -2.05. The Bertz CT molecular complexity index is 581. The molecule has 1 nitrogen and oxygen atoms in total. The molecule has 2 rings (SSSR count). The van der Waals surface area contributed by atoms with Crippen LogP contribution in [0.1, 0.15) is 5.56 Å². The summed E-state index contributed by atoms with van der Waals surface area (Å²) in [5.74, 6) is 0. The molecule has 2 aromatic carbocycles. The van der Waals surface area contributed by atoms with E-state index in [1.165, 1.54) is 6.07 Å². The molecule has 19 heavy (non-hydrogen) atoms. The highest BCUT2D eigenvalue weighted by Crippen LogP contribution is 2.34. The summed E-state index contributed by atoms with van der Waals surface area (Å²) in [5, 5.41) is 3.12. The minimum atomic E-state index is -4.38. The van der Waals surface area contributed by atoms with Crippen molar-refractivity contribution >= 4 is 45.6 Å². The van der Waals surface area contributed by atoms with E-state index in [9.17, 15) is 13.2 Å². The fourth-order valence-corrected chi connectivity index (χ4v) is 2.01. The number of anilines is 2. The number of hydrogen-bond acceptors (Lipinski definition) is 1. The number of rotatable bonds is 2. The molecule has 0 bridgehead atoms. The van der Waals surface area contributed by atoms with E-state index in [-0.39, 0.29) is 10.7 Å². The predicted molar refractivity (Wildman–Crippen MR) is 78.9 cm³/mol. The Kier molecular flexibility index (Phi) is 4.25. The lowest BCUT2D eigenvalue weighted by Gasteiger charge is -2.12. The topological polar surface area (TPSA) is 12.0 Å². The fraction of sp³-hybridized carbons (Fsp3) is 0.0769. The van der Waals surface area contributed by atoms with E-state index in [4.69, 9.17) is 11.6 Å². The van der Waals surface area contributed by atoms with Crippen molar-refractivity contribution in [2.75, 3.05) is 5.32 Å². The predicted octanol–water partition coefficient (Wildman–Crippen LogP) is 5.71. The van der Waals surface area contributed by atoms with Gasteiger partial charge in [0.2, 0.25) is 0 Å². The third kappa shape index (κ3) is 3.76. The van der Waals surface area contributed by atoms with Gasteiger partial charge in [-0.05, 0) is 65.1 Å². The van der Waals surface area contributed by atoms with Gasteiger partial charge in [0.05, 0.1) is 16.3 Å². The summed E-state index contributed by atoms with van der Waals surface area (Å²) in [6, 6.07) is 10.5. The molecular weight excluding hydrogens is 390 g/mol. The van der Waals surface area contributed by atoms with Crippen LogP contribution in [0.3, 0.4) is 0 Å². The molecule has 0 aliphatic rings. The van der Waals surface area contributed by atoms with Crippen molar-refractivity contribution in [3.63, 3.8) is 0 Å². The Morgan fingerprint density at radius 2 is 1.63 bits per heavy atom. The molecule has 0 radical (unpaired) electrons. The van der Waals surface area contributed by atoms with Gasteiger partial charge < -0.3 is 5.32 Å². The summed E-state index contributed by atoms with van der Waals surface area (Å²) >= 11 is 8.04. The van der Waals surface area contributed by atoms with Gasteiger partial charge in [-0.1, -0.05) is 11.6 Å². The maximum atomic E-state index is 12.6. The number of nitrogens with one attached hydrogen (secondary N) is 1. The summed E-state index contributed by atoms with van der Waals surface area (Å²) in [5.41, 5.74) is 0.184. The first-order valence-electron chi connectivity index (χ1n) is 5.25. The Morgan fingerprint density at radius 3 is 2.21 bits per heavy atom. The van der Waals surface area contributed by atoms with Crippen molar-refractivity contribution in [3.05, 3.63) is 56.6 Å². The highest BCUT2D eigenvalue weighted by molar-refractivity contribution is 14.1. The van der Waals surface area contributed by atoms with Crippen LogP contribution in [0.15, 0.2) is 42.5 Å². The lowest BCUT2D eigenvalue weighted by molar-refractivity contribution is -0.137. The third-order valence-electron chi connectivity index (χ3n) is 2.42. The van der Waals surface area contributed by atoms with E-state index in [0.29, 0.717) is 5.69 Å². The van der Waals surface area contributed by atoms with Crippen LogP contribution in [0.5, 0.6) is 0 Å². The van der Waals surface area contributed by atoms with Crippen LogP contribution in [0.2, 0.25) is 5.02 Å². The summed E-state index contributed by atoms with van der Waals surface area (Å²) in [6.07, 6.45) is -4.38. The number of alkyl halides is 3. The Morgan fingerprint density at radius 1 is 1.00 bits per heavy atom. The maximum absolute atomic E-state index is 12.6. The van der Waals surface area contributed by atoms with Crippen molar-refractivity contribution in [3.8, 4) is 0 Å². The quantitative estimate of drug-likeness (QED) is 0.640. The molecule has 0 amide bonds. The minimum Gasteiger partial charge on any atom is -0.354 e. The third-order valence-corrected chi connectivity index (χ3v) is 3.47. The van der Waals surface area contributed by atoms with Crippen LogP contribution < -0.4 is 5.32 Å². The summed E-state index contributed by atoms with van der Waals surface area (Å²) in [4.78, 5) is 0. The van der Waals surface area contributed by atoms with Crippen molar-refractivity contribution < 1.29 is 13.2 Å². The molecule has 0 aliphatic heterocycles. The van der Waals surface area contributed by atoms with E-state index >= 15 is 0 Å². The molecule has 0 saturated heterocycles. The monoisotopic (exact) mass is 397 g/mol. The lowest BCUT2D eigenvalue weighted by atomic mass is 10.2. The second-order valence-electron chi connectivity index (χ2n) is 3.82. The van der Waals surface area contributed by atoms with Crippen LogP contribution >= 0.6 is 34.2 Å². The molecule has 6 heteroatoms. The van der Waals surface area contributed by atoms with Gasteiger partial charge in [-0.25, -0.2) is 0 Å². The highest BCUT2D eigenvalue weighted by Gasteiger charge is 2.30. The van der Waals surface area contributed by atoms with Crippen LogP contribution in [0.4, 0.5) is 24.5 Å². The van der Waals surface area contributed by atoms with Gasteiger partial charge in [0.15, 0.2) is 0 Å². The van der Waals surface area contributed by atoms with Gasteiger partial charge >= 0.3 is 6.18 Å². The normalized spacial score (nSPS) is 11.4. The molecule has 100 valence electrons. The van der Waals surface area contributed by atoms with Crippen LogP contribution in [0.25, 0.3) is 0 Å². The van der Waals surface area contributed by atoms with E-state index in [2.05, 4.69) is 27.9 Å². The average Bonchev–Trinajstić information content (AvgIpc) is 2.33. The van der Waals surface area contributed by atoms with Crippen molar-refractivity contribution in [1.29, 1.82) is 0 Å². The molecular formula is C13H8ClF3IN. The van der Waals surface area contributed by atoms with E-state index in [1.54, 1.807) is 12.1 Å². The maximum Gasteiger partial charge on any atom is 0.416 e. The number of hydrogen-bond donors (Lipinski definition) is 1. The first kappa shape index (κ1) is 14.5. The SMILES string of the molecule is FC(F)(F)c1ccc(Cl)c(Nc2ccc(I)cc2)c1. The first-order valence-corrected chi connectivity index (χ1v) is 6.71. The molecule has 0 fully saturated rings. The van der Waals surface area contributed by atoms with Gasteiger partial charge in [-0.3, -0.25) is 0 Å². The largest absolute Gasteiger partial charge is 0.416 e. The summed E-state index contributed by atoms with van der Waals surface area (Å²) in [7, 11) is 0. The molecule has 0 heterocycles. The Balaban J connectivity index is 2.31. The van der Waals surface area contributed by atoms with Crippen molar-refractivity contribution in [2.45, 2.75) is 6.18 Å². The van der Waals surface area contributed by atoms with Gasteiger partial charge in [0, 0.05) is 9.26 Å². The number of benzene rings is 2. The summed E-state index contributed by atoms with van der Waals surface area (Å²) < 4.78 is 38.9. The van der Waals surface area contributed by atoms with Crippen LogP contribution in [0, 0.1) is 3.57 Å². The standard InChI is InChI=1S/C13H8ClF3IN/c14-11-6-1-8(13(15,16)17)7-12(11)19-10-4-2-9(18)3-5-10/h1-7,19H. The molecule has 0 aromatic heterocycles. The smallest absolute Gasteiger partial charge is 0.354 e. The van der Waals surface area contributed by atoms with E-state index < -0.39 is 11.7 Å². The van der Waals surface area contributed by atoms with Gasteiger partial charge in [-0.2, -0.15) is 13.2 Å². The molecule has 0 aliphatic carbocycles. The molecule has 0 spiro atoms. The molecule has 2 aromatic rings. The van der Waals surface area contributed by atoms with E-state index in [0.717, 1.165) is 15.7 Å². The van der Waals surface area contributed by atoms with Gasteiger partial charge in [-0.15, -0.1) is 0 Å². The molecule has 1 N–H and O–H groups in total. The zero-order valence-corrected chi connectivity index (χ0v) is 12.3. The molecule has 0 atom stereocenters. The van der Waals surface area contributed by atoms with Crippen molar-refractivity contribution in [2.24, 2.45) is 0 Å². The average molecular weight is 398 g/mol. The molecule has 0 saturated carbocycles. The Hall–Kier alpha value is -0.950. The second kappa shape index (κ2) is 5.58. The number of halogens is 5. The molecule has 0 unspecified atom stereocenters. The second-order valence-corrected chi connectivity index (χ2v) is 5.48. The van der Waals surface area contributed by atoms with E-state index in [1.807, 2.05) is 12.1 Å². The van der Waals surface area contributed by atoms with Gasteiger partial charge in [0.25, 0.3) is 0 Å². The fourth-order valence-electron chi connectivity index (χ4n) is 1.49. The van der Waals surface area contributed by atoms with Gasteiger partial charge in [0.1, 0.15) is 0 Å². The summed E-state index contributed by atoms with van der Waals surface area (Å²) in [6.45, 7) is 0. The zero-order valence-electron chi connectivity index (χ0n) is 9.43. The van der Waals surface area contributed by atoms with Crippen LogP contribution in [-0.2, 0) is 6.18 Å². The first-order chi connectivity index (χ1) is 8.86. The zero-order chi connectivity index (χ0) is 14.0. The Labute approximate surface area is 126 Å².